The van der Waals surface area contributed by atoms with Crippen LogP contribution >= 0.6 is 11.8 Å². The molecule has 0 spiro atoms. The molecule has 0 aromatic heterocycles. The smallest absolute Gasteiger partial charge is 0.0256 e. The molecule has 0 bridgehead atoms. The average Bonchev–Trinajstić information content (AvgIpc) is 2.63. The summed E-state index contributed by atoms with van der Waals surface area (Å²) in [5, 5.41) is 3.78. The number of hydrogen-bond acceptors (Lipinski definition) is 2. The molecule has 0 saturated carbocycles. The third kappa shape index (κ3) is 4.78. The normalized spacial score (nSPS) is 26.4. The molecular weight excluding hydrogens is 202 g/mol. The van der Waals surface area contributed by atoms with Crippen LogP contribution in [-0.4, -0.2) is 23.1 Å². The van der Waals surface area contributed by atoms with Crippen LogP contribution in [-0.2, 0) is 0 Å². The van der Waals surface area contributed by atoms with Gasteiger partial charge < -0.3 is 5.32 Å². The van der Waals surface area contributed by atoms with E-state index in [0.717, 1.165) is 6.04 Å². The van der Waals surface area contributed by atoms with Crippen LogP contribution in [0.3, 0.4) is 0 Å². The Bertz CT molecular complexity index is 158. The molecule has 0 aliphatic carbocycles. The van der Waals surface area contributed by atoms with Gasteiger partial charge in [0.05, 0.1) is 0 Å². The zero-order chi connectivity index (χ0) is 11.1. The first kappa shape index (κ1) is 13.4. The van der Waals surface area contributed by atoms with Crippen LogP contribution in [0.5, 0.6) is 0 Å². The Morgan fingerprint density at radius 3 is 2.40 bits per heavy atom. The second-order valence-corrected chi connectivity index (χ2v) is 6.74. The van der Waals surface area contributed by atoms with E-state index in [1.165, 1.54) is 50.8 Å². The maximum absolute atomic E-state index is 3.78. The van der Waals surface area contributed by atoms with E-state index >= 15 is 0 Å². The molecule has 1 saturated heterocycles. The van der Waals surface area contributed by atoms with E-state index in [2.05, 4.69) is 37.8 Å². The van der Waals surface area contributed by atoms with Gasteiger partial charge in [-0.2, -0.15) is 11.8 Å². The van der Waals surface area contributed by atoms with Gasteiger partial charge in [0.1, 0.15) is 0 Å². The van der Waals surface area contributed by atoms with Crippen molar-refractivity contribution in [1.29, 1.82) is 0 Å². The Kier molecular flexibility index (Phi) is 6.06. The molecule has 0 aromatic rings. The Morgan fingerprint density at radius 2 is 1.93 bits per heavy atom. The molecule has 2 heteroatoms. The van der Waals surface area contributed by atoms with Gasteiger partial charge in [0, 0.05) is 17.3 Å². The molecule has 15 heavy (non-hydrogen) atoms. The van der Waals surface area contributed by atoms with E-state index in [9.17, 15) is 0 Å². The van der Waals surface area contributed by atoms with Crippen molar-refractivity contribution < 1.29 is 0 Å². The van der Waals surface area contributed by atoms with Gasteiger partial charge in [0.2, 0.25) is 0 Å². The van der Waals surface area contributed by atoms with Crippen molar-refractivity contribution in [2.75, 3.05) is 12.3 Å². The van der Waals surface area contributed by atoms with Crippen LogP contribution in [0, 0.1) is 0 Å². The molecule has 0 amide bonds. The minimum Gasteiger partial charge on any atom is -0.313 e. The van der Waals surface area contributed by atoms with Crippen LogP contribution in [0.25, 0.3) is 0 Å². The van der Waals surface area contributed by atoms with Gasteiger partial charge in [0.25, 0.3) is 0 Å². The Morgan fingerprint density at radius 1 is 1.27 bits per heavy atom. The second kappa shape index (κ2) is 6.80. The molecule has 1 atom stereocenters. The maximum Gasteiger partial charge on any atom is 0.0256 e. The van der Waals surface area contributed by atoms with Gasteiger partial charge in [-0.25, -0.2) is 0 Å². The highest BCUT2D eigenvalue weighted by Crippen LogP contribution is 2.37. The first-order valence-electron chi connectivity index (χ1n) is 6.57. The quantitative estimate of drug-likeness (QED) is 0.712. The fourth-order valence-electron chi connectivity index (χ4n) is 2.38. The maximum atomic E-state index is 3.78. The van der Waals surface area contributed by atoms with Crippen molar-refractivity contribution in [2.24, 2.45) is 0 Å². The van der Waals surface area contributed by atoms with Crippen molar-refractivity contribution in [3.63, 3.8) is 0 Å². The number of nitrogens with one attached hydrogen (secondary N) is 1. The second-order valence-electron chi connectivity index (χ2n) is 5.06. The van der Waals surface area contributed by atoms with Gasteiger partial charge in [-0.05, 0) is 38.4 Å². The summed E-state index contributed by atoms with van der Waals surface area (Å²) >= 11 is 2.16. The van der Waals surface area contributed by atoms with Gasteiger partial charge in [0.15, 0.2) is 0 Å². The first-order valence-corrected chi connectivity index (χ1v) is 7.56. The Labute approximate surface area is 99.8 Å². The number of rotatable bonds is 7. The number of thioether (sulfide) groups is 1. The Balaban J connectivity index is 2.25. The molecule has 1 aliphatic heterocycles. The molecule has 0 aromatic carbocycles. The SMILES string of the molecule is CCCC(CCC)NCC1(C)CCCS1. The monoisotopic (exact) mass is 229 g/mol. The van der Waals surface area contributed by atoms with E-state index in [1.807, 2.05) is 0 Å². The standard InChI is InChI=1S/C13H27NS/c1-4-7-12(8-5-2)14-11-13(3)9-6-10-15-13/h12,14H,4-11H2,1-3H3. The fraction of sp³-hybridized carbons (Fsp3) is 1.00. The highest BCUT2D eigenvalue weighted by atomic mass is 32.2. The summed E-state index contributed by atoms with van der Waals surface area (Å²) in [4.78, 5) is 0. The van der Waals surface area contributed by atoms with Crippen molar-refractivity contribution in [2.45, 2.75) is 70.1 Å². The molecule has 1 rings (SSSR count). The zero-order valence-corrected chi connectivity index (χ0v) is 11.5. The van der Waals surface area contributed by atoms with Gasteiger partial charge in [-0.3, -0.25) is 0 Å². The van der Waals surface area contributed by atoms with Gasteiger partial charge in [-0.15, -0.1) is 0 Å². The number of hydrogen-bond donors (Lipinski definition) is 1. The molecule has 1 nitrogen and oxygen atoms in total. The fourth-order valence-corrected chi connectivity index (χ4v) is 3.64. The van der Waals surface area contributed by atoms with Crippen LogP contribution in [0.4, 0.5) is 0 Å². The van der Waals surface area contributed by atoms with E-state index < -0.39 is 0 Å². The Hall–Kier alpha value is 0.310. The third-order valence-electron chi connectivity index (χ3n) is 3.34. The highest BCUT2D eigenvalue weighted by molar-refractivity contribution is 8.00. The topological polar surface area (TPSA) is 12.0 Å². The van der Waals surface area contributed by atoms with Gasteiger partial charge in [-0.1, -0.05) is 26.7 Å². The van der Waals surface area contributed by atoms with Crippen molar-refractivity contribution >= 4 is 11.8 Å². The largest absolute Gasteiger partial charge is 0.313 e. The zero-order valence-electron chi connectivity index (χ0n) is 10.6. The summed E-state index contributed by atoms with van der Waals surface area (Å²) in [6, 6.07) is 0.762. The summed E-state index contributed by atoms with van der Waals surface area (Å²) in [5.74, 6) is 1.37. The lowest BCUT2D eigenvalue weighted by Crippen LogP contribution is -2.39. The summed E-state index contributed by atoms with van der Waals surface area (Å²) in [7, 11) is 0. The lowest BCUT2D eigenvalue weighted by Gasteiger charge is -2.27. The summed E-state index contributed by atoms with van der Waals surface area (Å²) in [6.45, 7) is 8.21. The molecule has 1 unspecified atom stereocenters. The lowest BCUT2D eigenvalue weighted by molar-refractivity contribution is 0.414. The van der Waals surface area contributed by atoms with Crippen molar-refractivity contribution in [1.82, 2.24) is 5.32 Å². The van der Waals surface area contributed by atoms with Crippen LogP contribution in [0.1, 0.15) is 59.3 Å². The predicted octanol–water partition coefficient (Wildman–Crippen LogP) is 3.83. The van der Waals surface area contributed by atoms with E-state index in [0.29, 0.717) is 4.75 Å². The minimum absolute atomic E-state index is 0.528. The van der Waals surface area contributed by atoms with E-state index in [1.54, 1.807) is 0 Å². The first-order chi connectivity index (χ1) is 7.20. The lowest BCUT2D eigenvalue weighted by atomic mass is 10.0. The van der Waals surface area contributed by atoms with Crippen LogP contribution in [0.2, 0.25) is 0 Å². The average molecular weight is 229 g/mol. The summed E-state index contributed by atoms with van der Waals surface area (Å²) in [5.41, 5.74) is 0. The van der Waals surface area contributed by atoms with E-state index in [4.69, 9.17) is 0 Å². The minimum atomic E-state index is 0.528. The molecule has 90 valence electrons. The molecule has 0 radical (unpaired) electrons. The van der Waals surface area contributed by atoms with Crippen molar-refractivity contribution in [3.8, 4) is 0 Å². The van der Waals surface area contributed by atoms with E-state index in [-0.39, 0.29) is 0 Å². The van der Waals surface area contributed by atoms with Crippen LogP contribution < -0.4 is 5.32 Å². The van der Waals surface area contributed by atoms with Crippen molar-refractivity contribution in [3.05, 3.63) is 0 Å². The predicted molar refractivity (Wildman–Crippen MR) is 71.7 cm³/mol. The highest BCUT2D eigenvalue weighted by Gasteiger charge is 2.29. The molecule has 1 fully saturated rings. The third-order valence-corrected chi connectivity index (χ3v) is 4.88. The summed E-state index contributed by atoms with van der Waals surface area (Å²) in [6.07, 6.45) is 8.11. The molecule has 1 aliphatic rings. The summed E-state index contributed by atoms with van der Waals surface area (Å²) < 4.78 is 0.528. The van der Waals surface area contributed by atoms with Gasteiger partial charge >= 0.3 is 0 Å². The molecular formula is C13H27NS. The molecule has 1 heterocycles. The van der Waals surface area contributed by atoms with Crippen LogP contribution in [0.15, 0.2) is 0 Å². The molecule has 1 N–H and O–H groups in total.